The maximum absolute atomic E-state index is 11.9. The lowest BCUT2D eigenvalue weighted by atomic mass is 10.2. The quantitative estimate of drug-likeness (QED) is 0.883. The summed E-state index contributed by atoms with van der Waals surface area (Å²) in [6, 6.07) is 11.9. The highest BCUT2D eigenvalue weighted by atomic mass is 35.5. The minimum atomic E-state index is -0.200. The third-order valence-corrected chi connectivity index (χ3v) is 3.36. The van der Waals surface area contributed by atoms with Gasteiger partial charge in [-0.05, 0) is 35.9 Å². The molecule has 2 rings (SSSR count). The summed E-state index contributed by atoms with van der Waals surface area (Å²) in [5.74, 6) is -0.200. The van der Waals surface area contributed by atoms with Crippen LogP contribution >= 0.6 is 34.8 Å². The second-order valence-electron chi connectivity index (χ2n) is 3.93. The van der Waals surface area contributed by atoms with Crippen LogP contribution in [-0.2, 0) is 6.54 Å². The minimum absolute atomic E-state index is 0.200. The van der Waals surface area contributed by atoms with Crippen molar-refractivity contribution in [3.8, 4) is 0 Å². The van der Waals surface area contributed by atoms with E-state index in [1.807, 2.05) is 0 Å². The Bertz CT molecular complexity index is 613. The predicted octanol–water partition coefficient (Wildman–Crippen LogP) is 4.58. The zero-order valence-corrected chi connectivity index (χ0v) is 12.1. The van der Waals surface area contributed by atoms with Gasteiger partial charge < -0.3 is 5.32 Å². The van der Waals surface area contributed by atoms with Gasteiger partial charge in [-0.3, -0.25) is 4.79 Å². The molecule has 0 bridgehead atoms. The van der Waals surface area contributed by atoms with Crippen LogP contribution in [0, 0.1) is 0 Å². The SMILES string of the molecule is O=C(NCc1ccc(Cl)cc1Cl)c1cccc(Cl)c1. The monoisotopic (exact) mass is 313 g/mol. The van der Waals surface area contributed by atoms with Crippen molar-refractivity contribution < 1.29 is 4.79 Å². The Morgan fingerprint density at radius 3 is 2.42 bits per heavy atom. The number of halogens is 3. The summed E-state index contributed by atoms with van der Waals surface area (Å²) < 4.78 is 0. The van der Waals surface area contributed by atoms with Gasteiger partial charge in [0.1, 0.15) is 0 Å². The van der Waals surface area contributed by atoms with Crippen molar-refractivity contribution in [3.63, 3.8) is 0 Å². The molecule has 98 valence electrons. The largest absolute Gasteiger partial charge is 0.348 e. The van der Waals surface area contributed by atoms with Gasteiger partial charge >= 0.3 is 0 Å². The molecule has 0 spiro atoms. The molecule has 0 saturated carbocycles. The molecular formula is C14H10Cl3NO. The molecule has 0 atom stereocenters. The van der Waals surface area contributed by atoms with Crippen LogP contribution in [0.4, 0.5) is 0 Å². The smallest absolute Gasteiger partial charge is 0.251 e. The lowest BCUT2D eigenvalue weighted by molar-refractivity contribution is 0.0951. The second-order valence-corrected chi connectivity index (χ2v) is 5.21. The zero-order valence-electron chi connectivity index (χ0n) is 9.79. The van der Waals surface area contributed by atoms with E-state index in [9.17, 15) is 4.79 Å². The summed E-state index contributed by atoms with van der Waals surface area (Å²) >= 11 is 17.7. The van der Waals surface area contributed by atoms with Crippen molar-refractivity contribution in [3.05, 3.63) is 68.7 Å². The molecule has 0 aliphatic heterocycles. The first-order chi connectivity index (χ1) is 9.06. The summed E-state index contributed by atoms with van der Waals surface area (Å²) in [4.78, 5) is 11.9. The third-order valence-electron chi connectivity index (χ3n) is 2.54. The average Bonchev–Trinajstić information content (AvgIpc) is 2.37. The molecule has 0 heterocycles. The van der Waals surface area contributed by atoms with Crippen LogP contribution in [0.1, 0.15) is 15.9 Å². The Kier molecular flexibility index (Phi) is 4.70. The first kappa shape index (κ1) is 14.2. The summed E-state index contributed by atoms with van der Waals surface area (Å²) in [5, 5.41) is 4.39. The van der Waals surface area contributed by atoms with E-state index in [2.05, 4.69) is 5.32 Å². The van der Waals surface area contributed by atoms with Crippen molar-refractivity contribution >= 4 is 40.7 Å². The Labute approximate surface area is 126 Å². The molecule has 2 aromatic carbocycles. The fourth-order valence-corrected chi connectivity index (χ4v) is 2.24. The van der Waals surface area contributed by atoms with Crippen LogP contribution in [0.25, 0.3) is 0 Å². The van der Waals surface area contributed by atoms with E-state index in [1.165, 1.54) is 0 Å². The maximum atomic E-state index is 11.9. The van der Waals surface area contributed by atoms with E-state index in [4.69, 9.17) is 34.8 Å². The number of hydrogen-bond acceptors (Lipinski definition) is 1. The molecule has 0 unspecified atom stereocenters. The molecule has 5 heteroatoms. The van der Waals surface area contributed by atoms with Gasteiger partial charge in [-0.1, -0.05) is 46.9 Å². The van der Waals surface area contributed by atoms with Crippen molar-refractivity contribution in [2.45, 2.75) is 6.54 Å². The number of carbonyl (C=O) groups excluding carboxylic acids is 1. The first-order valence-corrected chi connectivity index (χ1v) is 6.67. The zero-order chi connectivity index (χ0) is 13.8. The topological polar surface area (TPSA) is 29.1 Å². The van der Waals surface area contributed by atoms with Crippen LogP contribution in [0.2, 0.25) is 15.1 Å². The molecule has 0 aromatic heterocycles. The average molecular weight is 315 g/mol. The lowest BCUT2D eigenvalue weighted by Crippen LogP contribution is -2.22. The van der Waals surface area contributed by atoms with Gasteiger partial charge in [0.15, 0.2) is 0 Å². The Balaban J connectivity index is 2.04. The van der Waals surface area contributed by atoms with Gasteiger partial charge in [-0.15, -0.1) is 0 Å². The summed E-state index contributed by atoms with van der Waals surface area (Å²) in [6.45, 7) is 0.335. The van der Waals surface area contributed by atoms with Crippen molar-refractivity contribution in [2.75, 3.05) is 0 Å². The first-order valence-electron chi connectivity index (χ1n) is 5.54. The molecule has 1 amide bonds. The standard InChI is InChI=1S/C14H10Cl3NO/c15-11-3-1-2-9(6-11)14(19)18-8-10-4-5-12(16)7-13(10)17/h1-7H,8H2,(H,18,19). The van der Waals surface area contributed by atoms with Gasteiger partial charge in [-0.25, -0.2) is 0 Å². The molecule has 0 aliphatic rings. The highest BCUT2D eigenvalue weighted by Crippen LogP contribution is 2.20. The number of carbonyl (C=O) groups is 1. The van der Waals surface area contributed by atoms with E-state index < -0.39 is 0 Å². The fraction of sp³-hybridized carbons (Fsp3) is 0.0714. The number of nitrogens with one attached hydrogen (secondary N) is 1. The van der Waals surface area contributed by atoms with E-state index in [-0.39, 0.29) is 5.91 Å². The molecule has 2 nitrogen and oxygen atoms in total. The molecule has 19 heavy (non-hydrogen) atoms. The minimum Gasteiger partial charge on any atom is -0.348 e. The maximum Gasteiger partial charge on any atom is 0.251 e. The lowest BCUT2D eigenvalue weighted by Gasteiger charge is -2.07. The molecule has 0 aliphatic carbocycles. The van der Waals surface area contributed by atoms with Crippen LogP contribution in [0.15, 0.2) is 42.5 Å². The number of amides is 1. The van der Waals surface area contributed by atoms with Crippen LogP contribution in [-0.4, -0.2) is 5.91 Å². The molecule has 1 N–H and O–H groups in total. The van der Waals surface area contributed by atoms with E-state index >= 15 is 0 Å². The highest BCUT2D eigenvalue weighted by molar-refractivity contribution is 6.35. The normalized spacial score (nSPS) is 10.3. The highest BCUT2D eigenvalue weighted by Gasteiger charge is 2.07. The molecule has 0 radical (unpaired) electrons. The van der Waals surface area contributed by atoms with Gasteiger partial charge in [-0.2, -0.15) is 0 Å². The number of benzene rings is 2. The Morgan fingerprint density at radius 1 is 1.00 bits per heavy atom. The molecule has 0 fully saturated rings. The molecule has 0 saturated heterocycles. The number of rotatable bonds is 3. The summed E-state index contributed by atoms with van der Waals surface area (Å²) in [7, 11) is 0. The van der Waals surface area contributed by atoms with E-state index in [0.29, 0.717) is 27.2 Å². The predicted molar refractivity (Wildman–Crippen MR) is 79.1 cm³/mol. The van der Waals surface area contributed by atoms with Crippen LogP contribution in [0.3, 0.4) is 0 Å². The third kappa shape index (κ3) is 3.87. The Morgan fingerprint density at radius 2 is 1.74 bits per heavy atom. The van der Waals surface area contributed by atoms with Crippen molar-refractivity contribution in [1.29, 1.82) is 0 Å². The Hall–Kier alpha value is -1.22. The second kappa shape index (κ2) is 6.29. The van der Waals surface area contributed by atoms with Crippen LogP contribution < -0.4 is 5.32 Å². The fourth-order valence-electron chi connectivity index (χ4n) is 1.57. The van der Waals surface area contributed by atoms with Gasteiger partial charge in [0, 0.05) is 27.2 Å². The van der Waals surface area contributed by atoms with Crippen molar-refractivity contribution in [2.24, 2.45) is 0 Å². The van der Waals surface area contributed by atoms with Gasteiger partial charge in [0.05, 0.1) is 0 Å². The number of hydrogen-bond donors (Lipinski definition) is 1. The molecular weight excluding hydrogens is 305 g/mol. The summed E-state index contributed by atoms with van der Waals surface area (Å²) in [5.41, 5.74) is 1.32. The van der Waals surface area contributed by atoms with Gasteiger partial charge in [0.2, 0.25) is 0 Å². The van der Waals surface area contributed by atoms with Gasteiger partial charge in [0.25, 0.3) is 5.91 Å². The van der Waals surface area contributed by atoms with Crippen LogP contribution in [0.5, 0.6) is 0 Å². The summed E-state index contributed by atoms with van der Waals surface area (Å²) in [6.07, 6.45) is 0. The van der Waals surface area contributed by atoms with Crippen molar-refractivity contribution in [1.82, 2.24) is 5.32 Å². The van der Waals surface area contributed by atoms with E-state index in [1.54, 1.807) is 42.5 Å². The molecule has 2 aromatic rings. The van der Waals surface area contributed by atoms with E-state index in [0.717, 1.165) is 5.56 Å².